The van der Waals surface area contributed by atoms with Crippen molar-refractivity contribution in [3.05, 3.63) is 39.9 Å². The highest BCUT2D eigenvalue weighted by Gasteiger charge is 2.14. The number of aliphatic hydroxyl groups excluding tert-OH is 2. The van der Waals surface area contributed by atoms with Crippen molar-refractivity contribution < 1.29 is 24.7 Å². The van der Waals surface area contributed by atoms with E-state index in [4.69, 9.17) is 5.11 Å². The second-order valence-electron chi connectivity index (χ2n) is 3.14. The maximum Gasteiger partial charge on any atom is 0.308 e. The van der Waals surface area contributed by atoms with Crippen LogP contribution in [0.15, 0.2) is 24.3 Å². The summed E-state index contributed by atoms with van der Waals surface area (Å²) in [5.41, 5.74) is 0.380. The van der Waals surface area contributed by atoms with Crippen LogP contribution in [0.3, 0.4) is 0 Å². The van der Waals surface area contributed by atoms with Crippen LogP contribution in [0.4, 0.5) is 5.69 Å². The Morgan fingerprint density at radius 2 is 1.89 bits per heavy atom. The second-order valence-corrected chi connectivity index (χ2v) is 3.14. The zero-order chi connectivity index (χ0) is 14.1. The summed E-state index contributed by atoms with van der Waals surface area (Å²) in [5, 5.41) is 27.0. The van der Waals surface area contributed by atoms with Gasteiger partial charge in [-0.25, -0.2) is 0 Å². The molecule has 7 heteroatoms. The number of hydrogen-bond donors (Lipinski definition) is 2. The van der Waals surface area contributed by atoms with Gasteiger partial charge in [0.15, 0.2) is 0 Å². The van der Waals surface area contributed by atoms with Gasteiger partial charge in [-0.1, -0.05) is 0 Å². The van der Waals surface area contributed by atoms with Gasteiger partial charge in [0.2, 0.25) is 0 Å². The van der Waals surface area contributed by atoms with Gasteiger partial charge in [-0.3, -0.25) is 14.9 Å². The molecule has 18 heavy (non-hydrogen) atoms. The normalized spacial score (nSPS) is 10.9. The Bertz CT molecular complexity index is 389. The van der Waals surface area contributed by atoms with E-state index < -0.39 is 17.0 Å². The van der Waals surface area contributed by atoms with Gasteiger partial charge in [0.25, 0.3) is 5.69 Å². The van der Waals surface area contributed by atoms with Gasteiger partial charge >= 0.3 is 5.97 Å². The van der Waals surface area contributed by atoms with Gasteiger partial charge in [-0.15, -0.1) is 0 Å². The number of ether oxygens (including phenoxy) is 1. The van der Waals surface area contributed by atoms with Crippen molar-refractivity contribution in [1.82, 2.24) is 0 Å². The lowest BCUT2D eigenvalue weighted by molar-refractivity contribution is -0.384. The van der Waals surface area contributed by atoms with Gasteiger partial charge in [-0.05, 0) is 17.7 Å². The highest BCUT2D eigenvalue weighted by atomic mass is 16.6. The zero-order valence-electron chi connectivity index (χ0n) is 10.1. The van der Waals surface area contributed by atoms with Crippen LogP contribution in [0.25, 0.3) is 0 Å². The Morgan fingerprint density at radius 3 is 2.28 bits per heavy atom. The van der Waals surface area contributed by atoms with Crippen LogP contribution in [0.5, 0.6) is 0 Å². The summed E-state index contributed by atoms with van der Waals surface area (Å²) in [7, 11) is 2.23. The molecule has 0 radical (unpaired) electrons. The van der Waals surface area contributed by atoms with Crippen molar-refractivity contribution in [1.29, 1.82) is 0 Å². The summed E-state index contributed by atoms with van der Waals surface area (Å²) in [6.45, 7) is 0. The molecule has 0 aromatic heterocycles. The molecule has 1 unspecified atom stereocenters. The lowest BCUT2D eigenvalue weighted by Gasteiger charge is -2.08. The van der Waals surface area contributed by atoms with Crippen molar-refractivity contribution in [2.24, 2.45) is 0 Å². The molecule has 0 bridgehead atoms. The van der Waals surface area contributed by atoms with Crippen molar-refractivity contribution in [3.8, 4) is 0 Å². The SMILES string of the molecule is CO.COC(=O)CC(O)c1ccc([N+](=O)[O-])cc1. The monoisotopic (exact) mass is 257 g/mol. The van der Waals surface area contributed by atoms with E-state index >= 15 is 0 Å². The maximum atomic E-state index is 10.9. The number of rotatable bonds is 4. The first kappa shape index (κ1) is 16.0. The fraction of sp³-hybridized carbons (Fsp3) is 0.364. The van der Waals surface area contributed by atoms with E-state index in [2.05, 4.69) is 4.74 Å². The highest BCUT2D eigenvalue weighted by Crippen LogP contribution is 2.20. The number of nitrogens with zero attached hydrogens (tertiary/aromatic N) is 1. The smallest absolute Gasteiger partial charge is 0.308 e. The molecule has 1 atom stereocenters. The standard InChI is InChI=1S/C10H11NO5.CH4O/c1-16-10(13)6-9(12)7-2-4-8(5-3-7)11(14)15;1-2/h2-5,9,12H,6H2,1H3;2H,1H3. The van der Waals surface area contributed by atoms with E-state index in [-0.39, 0.29) is 12.1 Å². The third-order valence-electron chi connectivity index (χ3n) is 2.08. The van der Waals surface area contributed by atoms with Gasteiger partial charge in [0.05, 0.1) is 24.6 Å². The first-order chi connectivity index (χ1) is 8.54. The second kappa shape index (κ2) is 8.15. The Kier molecular flexibility index (Phi) is 7.25. The Labute approximate surface area is 104 Å². The number of benzene rings is 1. The van der Waals surface area contributed by atoms with E-state index in [9.17, 15) is 20.0 Å². The van der Waals surface area contributed by atoms with Crippen molar-refractivity contribution in [3.63, 3.8) is 0 Å². The molecule has 0 saturated carbocycles. The van der Waals surface area contributed by atoms with E-state index in [0.717, 1.165) is 7.11 Å². The molecule has 0 heterocycles. The number of carbonyl (C=O) groups is 1. The molecule has 7 nitrogen and oxygen atoms in total. The minimum atomic E-state index is -1.01. The molecule has 0 aliphatic heterocycles. The third-order valence-corrected chi connectivity index (χ3v) is 2.08. The number of nitro benzene ring substituents is 1. The summed E-state index contributed by atoms with van der Waals surface area (Å²) in [6.07, 6.45) is -1.18. The van der Waals surface area contributed by atoms with Crippen LogP contribution >= 0.6 is 0 Å². The number of aliphatic hydroxyl groups is 2. The molecule has 1 aromatic rings. The minimum absolute atomic E-state index is 0.0611. The molecule has 0 amide bonds. The fourth-order valence-electron chi connectivity index (χ4n) is 1.18. The first-order valence-corrected chi connectivity index (χ1v) is 4.98. The Hall–Kier alpha value is -1.99. The van der Waals surface area contributed by atoms with E-state index in [1.165, 1.54) is 31.4 Å². The largest absolute Gasteiger partial charge is 0.469 e. The van der Waals surface area contributed by atoms with Crippen molar-refractivity contribution in [2.45, 2.75) is 12.5 Å². The molecule has 1 rings (SSSR count). The maximum absolute atomic E-state index is 10.9. The Morgan fingerprint density at radius 1 is 1.39 bits per heavy atom. The van der Waals surface area contributed by atoms with Gasteiger partial charge in [0.1, 0.15) is 0 Å². The van der Waals surface area contributed by atoms with Crippen LogP contribution in [-0.2, 0) is 9.53 Å². The molecule has 100 valence electrons. The lowest BCUT2D eigenvalue weighted by Crippen LogP contribution is -2.07. The predicted octanol–water partition coefficient (Wildman–Crippen LogP) is 0.800. The van der Waals surface area contributed by atoms with E-state index in [1.807, 2.05) is 0 Å². The number of hydrogen-bond acceptors (Lipinski definition) is 6. The summed E-state index contributed by atoms with van der Waals surface area (Å²) < 4.78 is 4.40. The molecule has 0 aliphatic carbocycles. The Balaban J connectivity index is 0.00000137. The van der Waals surface area contributed by atoms with Crippen LogP contribution < -0.4 is 0 Å². The lowest BCUT2D eigenvalue weighted by atomic mass is 10.1. The van der Waals surface area contributed by atoms with Crippen LogP contribution in [0, 0.1) is 10.1 Å². The molecule has 0 fully saturated rings. The van der Waals surface area contributed by atoms with Crippen molar-refractivity contribution >= 4 is 11.7 Å². The molecule has 0 spiro atoms. The molecular formula is C11H15NO6. The molecule has 0 saturated heterocycles. The van der Waals surface area contributed by atoms with Gasteiger partial charge in [-0.2, -0.15) is 0 Å². The minimum Gasteiger partial charge on any atom is -0.469 e. The third kappa shape index (κ3) is 4.89. The summed E-state index contributed by atoms with van der Waals surface area (Å²) in [4.78, 5) is 20.7. The van der Waals surface area contributed by atoms with Gasteiger partial charge in [0, 0.05) is 19.2 Å². The number of esters is 1. The number of non-ortho nitro benzene ring substituents is 1. The highest BCUT2D eigenvalue weighted by molar-refractivity contribution is 5.70. The summed E-state index contributed by atoms with van der Waals surface area (Å²) in [5.74, 6) is -0.536. The predicted molar refractivity (Wildman–Crippen MR) is 62.8 cm³/mol. The zero-order valence-corrected chi connectivity index (χ0v) is 10.1. The number of nitro groups is 1. The van der Waals surface area contributed by atoms with Crippen LogP contribution in [-0.4, -0.2) is 35.3 Å². The molecular weight excluding hydrogens is 242 g/mol. The summed E-state index contributed by atoms with van der Waals surface area (Å²) >= 11 is 0. The number of carbonyl (C=O) groups excluding carboxylic acids is 1. The summed E-state index contributed by atoms with van der Waals surface area (Å²) in [6, 6.07) is 5.36. The quantitative estimate of drug-likeness (QED) is 0.469. The number of methoxy groups -OCH3 is 1. The molecule has 2 N–H and O–H groups in total. The van der Waals surface area contributed by atoms with E-state index in [0.29, 0.717) is 5.56 Å². The average Bonchev–Trinajstić information content (AvgIpc) is 2.40. The molecule has 0 aliphatic rings. The molecule has 1 aromatic carbocycles. The van der Waals surface area contributed by atoms with Gasteiger partial charge < -0.3 is 14.9 Å². The van der Waals surface area contributed by atoms with Crippen molar-refractivity contribution in [2.75, 3.05) is 14.2 Å². The topological polar surface area (TPSA) is 110 Å². The fourth-order valence-corrected chi connectivity index (χ4v) is 1.18. The van der Waals surface area contributed by atoms with E-state index in [1.54, 1.807) is 0 Å². The first-order valence-electron chi connectivity index (χ1n) is 4.98. The van der Waals surface area contributed by atoms with Crippen LogP contribution in [0.1, 0.15) is 18.1 Å². The average molecular weight is 257 g/mol. The van der Waals surface area contributed by atoms with Crippen LogP contribution in [0.2, 0.25) is 0 Å².